The third kappa shape index (κ3) is 7.11. The Morgan fingerprint density at radius 3 is 2.34 bits per heavy atom. The van der Waals surface area contributed by atoms with Crippen LogP contribution in [0.1, 0.15) is 35.9 Å². The highest BCUT2D eigenvalue weighted by atomic mass is 19.4. The molecule has 3 aliphatic rings. The number of carboxylic acid groups (broad SMARTS) is 1. The number of aliphatic carboxylic acids is 1. The van der Waals surface area contributed by atoms with Gasteiger partial charge in [0.25, 0.3) is 0 Å². The van der Waals surface area contributed by atoms with Crippen molar-refractivity contribution in [1.82, 2.24) is 10.2 Å². The van der Waals surface area contributed by atoms with Crippen LogP contribution >= 0.6 is 0 Å². The van der Waals surface area contributed by atoms with Crippen LogP contribution in [0.2, 0.25) is 0 Å². The summed E-state index contributed by atoms with van der Waals surface area (Å²) in [6.45, 7) is 3.29. The molecule has 1 heterocycles. The van der Waals surface area contributed by atoms with E-state index in [-0.39, 0.29) is 43.2 Å². The summed E-state index contributed by atoms with van der Waals surface area (Å²) >= 11 is 0. The number of carbonyl (C=O) groups is 2. The molecule has 2 N–H and O–H groups in total. The highest BCUT2D eigenvalue weighted by Gasteiger charge is 2.50. The SMILES string of the molecule is COCCOCC(=O)N[C@@H]1c2ccccc2[C@@H]2CN(CC3CC(F)(F)C3)C[C@H]12.O=C(O)C(F)(F)F. The Bertz CT molecular complexity index is 889. The molecule has 12 heteroatoms. The zero-order valence-corrected chi connectivity index (χ0v) is 19.2. The summed E-state index contributed by atoms with van der Waals surface area (Å²) in [5.74, 6) is -4.64. The van der Waals surface area contributed by atoms with Gasteiger partial charge in [-0.2, -0.15) is 13.2 Å². The Labute approximate surface area is 199 Å². The molecule has 1 saturated heterocycles. The molecule has 0 aromatic heterocycles. The van der Waals surface area contributed by atoms with Crippen molar-refractivity contribution in [3.05, 3.63) is 35.4 Å². The monoisotopic (exact) mass is 508 g/mol. The largest absolute Gasteiger partial charge is 0.490 e. The minimum atomic E-state index is -5.08. The number of ether oxygens (including phenoxy) is 2. The van der Waals surface area contributed by atoms with E-state index in [1.54, 1.807) is 7.11 Å². The maximum absolute atomic E-state index is 13.2. The molecule has 0 radical (unpaired) electrons. The van der Waals surface area contributed by atoms with E-state index in [0.29, 0.717) is 19.1 Å². The predicted octanol–water partition coefficient (Wildman–Crippen LogP) is 3.21. The molecule has 2 fully saturated rings. The lowest BCUT2D eigenvalue weighted by Crippen LogP contribution is -2.42. The highest BCUT2D eigenvalue weighted by molar-refractivity contribution is 5.78. The lowest BCUT2D eigenvalue weighted by atomic mass is 9.81. The third-order valence-corrected chi connectivity index (χ3v) is 6.51. The lowest BCUT2D eigenvalue weighted by Gasteiger charge is -2.37. The second-order valence-corrected chi connectivity index (χ2v) is 9.14. The number of nitrogens with zero attached hydrogens (tertiary/aromatic N) is 1. The number of methoxy groups -OCH3 is 1. The van der Waals surface area contributed by atoms with E-state index in [1.165, 1.54) is 11.1 Å². The van der Waals surface area contributed by atoms with Crippen LogP contribution in [0, 0.1) is 11.8 Å². The summed E-state index contributed by atoms with van der Waals surface area (Å²) in [5.41, 5.74) is 2.46. The minimum absolute atomic E-state index is 0.00833. The number of halogens is 5. The second-order valence-electron chi connectivity index (χ2n) is 9.14. The molecular weight excluding hydrogens is 479 g/mol. The van der Waals surface area contributed by atoms with Gasteiger partial charge in [0.2, 0.25) is 11.8 Å². The van der Waals surface area contributed by atoms with Crippen LogP contribution in [0.3, 0.4) is 0 Å². The fourth-order valence-corrected chi connectivity index (χ4v) is 5.08. The van der Waals surface area contributed by atoms with Crippen molar-refractivity contribution in [2.75, 3.05) is 46.6 Å². The molecule has 0 unspecified atom stereocenters. The molecule has 1 aromatic carbocycles. The van der Waals surface area contributed by atoms with E-state index in [9.17, 15) is 26.7 Å². The molecular formula is C23H29F5N2O5. The number of rotatable bonds is 8. The maximum Gasteiger partial charge on any atom is 0.490 e. The van der Waals surface area contributed by atoms with E-state index < -0.39 is 18.1 Å². The summed E-state index contributed by atoms with van der Waals surface area (Å²) in [7, 11) is 1.59. The molecule has 1 amide bonds. The van der Waals surface area contributed by atoms with Crippen LogP contribution in [-0.2, 0) is 19.1 Å². The van der Waals surface area contributed by atoms with Gasteiger partial charge in [0.1, 0.15) is 6.61 Å². The van der Waals surface area contributed by atoms with E-state index in [4.69, 9.17) is 19.4 Å². The molecule has 0 spiro atoms. The highest BCUT2D eigenvalue weighted by Crippen LogP contribution is 2.50. The molecule has 7 nitrogen and oxygen atoms in total. The Hall–Kier alpha value is -2.31. The fourth-order valence-electron chi connectivity index (χ4n) is 5.08. The number of likely N-dealkylation sites (tertiary alicyclic amines) is 1. The number of nitrogens with one attached hydrogen (secondary N) is 1. The van der Waals surface area contributed by atoms with Crippen LogP contribution in [0.4, 0.5) is 22.0 Å². The smallest absolute Gasteiger partial charge is 0.475 e. The van der Waals surface area contributed by atoms with Crippen LogP contribution in [0.25, 0.3) is 0 Å². The van der Waals surface area contributed by atoms with Gasteiger partial charge in [-0.1, -0.05) is 24.3 Å². The van der Waals surface area contributed by atoms with Crippen molar-refractivity contribution in [3.63, 3.8) is 0 Å². The van der Waals surface area contributed by atoms with Gasteiger partial charge in [0.15, 0.2) is 0 Å². The first-order valence-electron chi connectivity index (χ1n) is 11.3. The van der Waals surface area contributed by atoms with Gasteiger partial charge in [0, 0.05) is 51.4 Å². The molecule has 1 saturated carbocycles. The van der Waals surface area contributed by atoms with Crippen LogP contribution in [-0.4, -0.2) is 80.5 Å². The lowest BCUT2D eigenvalue weighted by molar-refractivity contribution is -0.192. The number of fused-ring (bicyclic) bond motifs is 3. The molecule has 35 heavy (non-hydrogen) atoms. The van der Waals surface area contributed by atoms with Gasteiger partial charge in [0.05, 0.1) is 19.3 Å². The van der Waals surface area contributed by atoms with Crippen molar-refractivity contribution in [2.45, 2.75) is 36.9 Å². The molecule has 4 rings (SSSR count). The number of carboxylic acids is 1. The summed E-state index contributed by atoms with van der Waals surface area (Å²) in [5, 5.41) is 10.3. The fraction of sp³-hybridized carbons (Fsp3) is 0.652. The van der Waals surface area contributed by atoms with E-state index in [0.717, 1.165) is 19.6 Å². The van der Waals surface area contributed by atoms with Crippen LogP contribution < -0.4 is 5.32 Å². The molecule has 1 aromatic rings. The van der Waals surface area contributed by atoms with Crippen LogP contribution in [0.5, 0.6) is 0 Å². The maximum atomic E-state index is 13.2. The average Bonchev–Trinajstić information content (AvgIpc) is 3.28. The number of carbonyl (C=O) groups excluding carboxylic acids is 1. The molecule has 196 valence electrons. The van der Waals surface area contributed by atoms with Crippen LogP contribution in [0.15, 0.2) is 24.3 Å². The van der Waals surface area contributed by atoms with E-state index in [1.807, 2.05) is 12.1 Å². The van der Waals surface area contributed by atoms with Gasteiger partial charge in [-0.15, -0.1) is 0 Å². The molecule has 0 bridgehead atoms. The Morgan fingerprint density at radius 2 is 1.77 bits per heavy atom. The van der Waals surface area contributed by atoms with Gasteiger partial charge < -0.3 is 24.8 Å². The number of hydrogen-bond donors (Lipinski definition) is 2. The Balaban J connectivity index is 0.000000429. The quantitative estimate of drug-likeness (QED) is 0.414. The standard InChI is InChI=1S/C21H28F2N2O3.C2HF3O2/c1-27-6-7-28-13-19(26)24-20-16-5-3-2-4-15(16)17-11-25(12-18(17)20)10-14-8-21(22,23)9-14;3-2(4,5)1(6)7/h2-5,14,17-18,20H,6-13H2,1H3,(H,24,26);(H,6,7)/t17-,18-,20+;/m0./s1. The number of hydrogen-bond acceptors (Lipinski definition) is 5. The van der Waals surface area contributed by atoms with Gasteiger partial charge in [-0.25, -0.2) is 13.6 Å². The first-order chi connectivity index (χ1) is 16.4. The number of benzene rings is 1. The normalized spacial score (nSPS) is 25.1. The summed E-state index contributed by atoms with van der Waals surface area (Å²) in [4.78, 5) is 23.6. The Morgan fingerprint density at radius 1 is 1.14 bits per heavy atom. The molecule has 3 atom stereocenters. The van der Waals surface area contributed by atoms with Crippen molar-refractivity contribution in [1.29, 1.82) is 0 Å². The first-order valence-corrected chi connectivity index (χ1v) is 11.3. The van der Waals surface area contributed by atoms with E-state index in [2.05, 4.69) is 22.3 Å². The van der Waals surface area contributed by atoms with Crippen molar-refractivity contribution >= 4 is 11.9 Å². The molecule has 2 aliphatic carbocycles. The minimum Gasteiger partial charge on any atom is -0.475 e. The van der Waals surface area contributed by atoms with Crippen molar-refractivity contribution < 1.29 is 46.1 Å². The van der Waals surface area contributed by atoms with Gasteiger partial charge in [-0.05, 0) is 17.0 Å². The Kier molecular flexibility index (Phi) is 8.71. The summed E-state index contributed by atoms with van der Waals surface area (Å²) in [6.07, 6.45) is -5.07. The summed E-state index contributed by atoms with van der Waals surface area (Å²) in [6, 6.07) is 8.20. The zero-order chi connectivity index (χ0) is 25.8. The third-order valence-electron chi connectivity index (χ3n) is 6.51. The first kappa shape index (κ1) is 27.3. The zero-order valence-electron chi connectivity index (χ0n) is 19.2. The van der Waals surface area contributed by atoms with E-state index >= 15 is 0 Å². The van der Waals surface area contributed by atoms with Gasteiger partial charge >= 0.3 is 12.1 Å². The summed E-state index contributed by atoms with van der Waals surface area (Å²) < 4.78 is 68.3. The number of amides is 1. The average molecular weight is 508 g/mol. The predicted molar refractivity (Wildman–Crippen MR) is 114 cm³/mol. The second kappa shape index (κ2) is 11.2. The number of alkyl halides is 5. The van der Waals surface area contributed by atoms with Crippen molar-refractivity contribution in [2.24, 2.45) is 11.8 Å². The topological polar surface area (TPSA) is 88.1 Å². The molecule has 1 aliphatic heterocycles. The van der Waals surface area contributed by atoms with Crippen molar-refractivity contribution in [3.8, 4) is 0 Å². The van der Waals surface area contributed by atoms with Gasteiger partial charge in [-0.3, -0.25) is 4.79 Å².